The SMILES string of the molecule is NCc1ccc2c(ccn2CCc2cccnc2)c1. The summed E-state index contributed by atoms with van der Waals surface area (Å²) < 4.78 is 2.28. The van der Waals surface area contributed by atoms with E-state index in [-0.39, 0.29) is 0 Å². The van der Waals surface area contributed by atoms with Gasteiger partial charge in [-0.15, -0.1) is 0 Å². The van der Waals surface area contributed by atoms with E-state index in [1.165, 1.54) is 22.0 Å². The summed E-state index contributed by atoms with van der Waals surface area (Å²) in [6, 6.07) is 12.7. The lowest BCUT2D eigenvalue weighted by molar-refractivity contribution is 0.721. The van der Waals surface area contributed by atoms with Crippen LogP contribution in [0.5, 0.6) is 0 Å². The minimum atomic E-state index is 0.594. The van der Waals surface area contributed by atoms with Crippen LogP contribution in [0.15, 0.2) is 55.0 Å². The summed E-state index contributed by atoms with van der Waals surface area (Å²) in [7, 11) is 0. The quantitative estimate of drug-likeness (QED) is 0.775. The number of pyridine rings is 1. The van der Waals surface area contributed by atoms with Crippen LogP contribution in [0.3, 0.4) is 0 Å². The van der Waals surface area contributed by atoms with Gasteiger partial charge in [-0.3, -0.25) is 4.98 Å². The van der Waals surface area contributed by atoms with Crippen LogP contribution in [0.25, 0.3) is 10.9 Å². The maximum Gasteiger partial charge on any atom is 0.0480 e. The molecule has 2 N–H and O–H groups in total. The number of benzene rings is 1. The van der Waals surface area contributed by atoms with Crippen molar-refractivity contribution in [1.29, 1.82) is 0 Å². The van der Waals surface area contributed by atoms with Crippen molar-refractivity contribution in [3.05, 3.63) is 66.1 Å². The summed E-state index contributed by atoms with van der Waals surface area (Å²) in [4.78, 5) is 4.15. The van der Waals surface area contributed by atoms with E-state index in [1.54, 1.807) is 0 Å². The lowest BCUT2D eigenvalue weighted by atomic mass is 10.1. The van der Waals surface area contributed by atoms with Gasteiger partial charge in [-0.25, -0.2) is 0 Å². The third kappa shape index (κ3) is 2.51. The van der Waals surface area contributed by atoms with Gasteiger partial charge >= 0.3 is 0 Å². The first-order chi connectivity index (χ1) is 9.36. The molecule has 0 fully saturated rings. The Morgan fingerprint density at radius 2 is 2.05 bits per heavy atom. The van der Waals surface area contributed by atoms with Gasteiger partial charge < -0.3 is 10.3 Å². The van der Waals surface area contributed by atoms with Crippen LogP contribution in [0, 0.1) is 0 Å². The zero-order chi connectivity index (χ0) is 13.1. The van der Waals surface area contributed by atoms with E-state index < -0.39 is 0 Å². The van der Waals surface area contributed by atoms with Crippen molar-refractivity contribution in [3.8, 4) is 0 Å². The van der Waals surface area contributed by atoms with E-state index in [4.69, 9.17) is 5.73 Å². The second-order valence-corrected chi connectivity index (χ2v) is 4.72. The zero-order valence-corrected chi connectivity index (χ0v) is 10.8. The first-order valence-corrected chi connectivity index (χ1v) is 6.53. The number of aromatic nitrogens is 2. The van der Waals surface area contributed by atoms with Gasteiger partial charge in [-0.2, -0.15) is 0 Å². The lowest BCUT2D eigenvalue weighted by Gasteiger charge is -2.06. The molecule has 0 saturated carbocycles. The molecule has 3 rings (SSSR count). The Morgan fingerprint density at radius 3 is 2.84 bits per heavy atom. The summed E-state index contributed by atoms with van der Waals surface area (Å²) >= 11 is 0. The Hall–Kier alpha value is -2.13. The first kappa shape index (κ1) is 11.9. The Labute approximate surface area is 112 Å². The van der Waals surface area contributed by atoms with Crippen molar-refractivity contribution in [3.63, 3.8) is 0 Å². The molecule has 0 saturated heterocycles. The summed E-state index contributed by atoms with van der Waals surface area (Å²) in [5.41, 5.74) is 9.38. The Bertz CT molecular complexity index is 671. The zero-order valence-electron chi connectivity index (χ0n) is 10.8. The van der Waals surface area contributed by atoms with Crippen molar-refractivity contribution < 1.29 is 0 Å². The highest BCUT2D eigenvalue weighted by Gasteiger charge is 2.02. The standard InChI is InChI=1S/C16H17N3/c17-11-14-3-4-16-15(10-14)6-9-19(16)8-5-13-2-1-7-18-12-13/h1-4,6-7,9-10,12H,5,8,11,17H2. The highest BCUT2D eigenvalue weighted by Crippen LogP contribution is 2.18. The average Bonchev–Trinajstić information content (AvgIpc) is 2.88. The molecule has 0 radical (unpaired) electrons. The largest absolute Gasteiger partial charge is 0.347 e. The van der Waals surface area contributed by atoms with Gasteiger partial charge in [-0.05, 0) is 47.2 Å². The molecule has 0 atom stereocenters. The molecular formula is C16H17N3. The fraction of sp³-hybridized carbons (Fsp3) is 0.188. The van der Waals surface area contributed by atoms with Gasteiger partial charge in [0.25, 0.3) is 0 Å². The number of fused-ring (bicyclic) bond motifs is 1. The van der Waals surface area contributed by atoms with Crippen LogP contribution in [-0.2, 0) is 19.5 Å². The summed E-state index contributed by atoms with van der Waals surface area (Å²) in [5, 5.41) is 1.26. The van der Waals surface area contributed by atoms with E-state index in [9.17, 15) is 0 Å². The van der Waals surface area contributed by atoms with Crippen LogP contribution in [-0.4, -0.2) is 9.55 Å². The summed E-state index contributed by atoms with van der Waals surface area (Å²) in [5.74, 6) is 0. The smallest absolute Gasteiger partial charge is 0.0480 e. The molecule has 3 nitrogen and oxygen atoms in total. The predicted octanol–water partition coefficient (Wildman–Crippen LogP) is 2.74. The van der Waals surface area contributed by atoms with E-state index in [2.05, 4.69) is 46.1 Å². The average molecular weight is 251 g/mol. The summed E-state index contributed by atoms with van der Waals surface area (Å²) in [6.07, 6.45) is 6.87. The van der Waals surface area contributed by atoms with Crippen molar-refractivity contribution in [2.45, 2.75) is 19.5 Å². The minimum absolute atomic E-state index is 0.594. The van der Waals surface area contributed by atoms with Crippen molar-refractivity contribution in [1.82, 2.24) is 9.55 Å². The lowest BCUT2D eigenvalue weighted by Crippen LogP contribution is -2.00. The second kappa shape index (κ2) is 5.24. The van der Waals surface area contributed by atoms with Crippen LogP contribution in [0.1, 0.15) is 11.1 Å². The molecule has 2 heterocycles. The molecule has 0 aliphatic carbocycles. The van der Waals surface area contributed by atoms with Gasteiger partial charge in [0.05, 0.1) is 0 Å². The molecule has 2 aromatic heterocycles. The van der Waals surface area contributed by atoms with Crippen LogP contribution < -0.4 is 5.73 Å². The second-order valence-electron chi connectivity index (χ2n) is 4.72. The molecule has 3 aromatic rings. The molecule has 19 heavy (non-hydrogen) atoms. The van der Waals surface area contributed by atoms with E-state index >= 15 is 0 Å². The topological polar surface area (TPSA) is 43.8 Å². The molecule has 0 aliphatic rings. The third-order valence-electron chi connectivity index (χ3n) is 3.44. The number of rotatable bonds is 4. The molecule has 96 valence electrons. The molecule has 0 unspecified atom stereocenters. The van der Waals surface area contributed by atoms with Gasteiger partial charge in [-0.1, -0.05) is 12.1 Å². The van der Waals surface area contributed by atoms with E-state index in [0.29, 0.717) is 6.54 Å². The van der Waals surface area contributed by atoms with Gasteiger partial charge in [0.2, 0.25) is 0 Å². The number of hydrogen-bond donors (Lipinski definition) is 1. The highest BCUT2D eigenvalue weighted by molar-refractivity contribution is 5.80. The first-order valence-electron chi connectivity index (χ1n) is 6.53. The molecule has 1 aromatic carbocycles. The van der Waals surface area contributed by atoms with Crippen LogP contribution in [0.2, 0.25) is 0 Å². The van der Waals surface area contributed by atoms with Gasteiger partial charge in [0, 0.05) is 37.2 Å². The number of aryl methyl sites for hydroxylation is 2. The fourth-order valence-corrected chi connectivity index (χ4v) is 2.37. The Kier molecular flexibility index (Phi) is 3.29. The van der Waals surface area contributed by atoms with Gasteiger partial charge in [0.1, 0.15) is 0 Å². The van der Waals surface area contributed by atoms with Crippen LogP contribution >= 0.6 is 0 Å². The predicted molar refractivity (Wildman–Crippen MR) is 77.8 cm³/mol. The highest BCUT2D eigenvalue weighted by atomic mass is 14.9. The normalized spacial score (nSPS) is 11.0. The molecular weight excluding hydrogens is 234 g/mol. The van der Waals surface area contributed by atoms with Gasteiger partial charge in [0.15, 0.2) is 0 Å². The molecule has 0 aliphatic heterocycles. The van der Waals surface area contributed by atoms with Crippen molar-refractivity contribution in [2.24, 2.45) is 5.73 Å². The Balaban J connectivity index is 1.82. The number of nitrogens with zero attached hydrogens (tertiary/aromatic N) is 2. The number of hydrogen-bond acceptors (Lipinski definition) is 2. The number of nitrogens with two attached hydrogens (primary N) is 1. The minimum Gasteiger partial charge on any atom is -0.347 e. The maximum atomic E-state index is 5.67. The Morgan fingerprint density at radius 1 is 1.11 bits per heavy atom. The molecule has 0 amide bonds. The molecule has 3 heteroatoms. The van der Waals surface area contributed by atoms with E-state index in [0.717, 1.165) is 13.0 Å². The summed E-state index contributed by atoms with van der Waals surface area (Å²) in [6.45, 7) is 1.56. The molecule has 0 bridgehead atoms. The monoisotopic (exact) mass is 251 g/mol. The third-order valence-corrected chi connectivity index (χ3v) is 3.44. The van der Waals surface area contributed by atoms with Crippen LogP contribution in [0.4, 0.5) is 0 Å². The van der Waals surface area contributed by atoms with E-state index in [1.807, 2.05) is 18.5 Å². The van der Waals surface area contributed by atoms with Crippen molar-refractivity contribution >= 4 is 10.9 Å². The molecule has 0 spiro atoms. The van der Waals surface area contributed by atoms with Crippen molar-refractivity contribution in [2.75, 3.05) is 0 Å². The fourth-order valence-electron chi connectivity index (χ4n) is 2.37. The maximum absolute atomic E-state index is 5.67.